The van der Waals surface area contributed by atoms with Crippen molar-refractivity contribution >= 4 is 10.9 Å². The molecule has 2 aromatic heterocycles. The molecule has 1 aliphatic rings. The van der Waals surface area contributed by atoms with Gasteiger partial charge in [-0.2, -0.15) is 10.2 Å². The minimum Gasteiger partial charge on any atom is -0.420 e. The molecular weight excluding hydrogens is 278 g/mol. The fraction of sp³-hybridized carbons (Fsp3) is 0.125. The number of hydrogen-bond donors (Lipinski definition) is 3. The predicted molar refractivity (Wildman–Crippen MR) is 80.9 cm³/mol. The van der Waals surface area contributed by atoms with Crippen molar-refractivity contribution in [2.75, 3.05) is 0 Å². The molecule has 108 valence electrons. The standard InChI is InChI=1S/C16H13N5O/c1-8-20-14-13(10(6-17)15(18)22-16(14)21-8)11-7-19-12-5-3-2-4-9(11)12/h2-5,7,13,19H,18H2,1H3,(H,20,21). The smallest absolute Gasteiger partial charge is 0.243 e. The van der Waals surface area contributed by atoms with Crippen LogP contribution in [0.4, 0.5) is 0 Å². The van der Waals surface area contributed by atoms with E-state index in [0.717, 1.165) is 28.0 Å². The lowest BCUT2D eigenvalue weighted by Gasteiger charge is -2.22. The van der Waals surface area contributed by atoms with Gasteiger partial charge in [-0.3, -0.25) is 0 Å². The fourth-order valence-electron chi connectivity index (χ4n) is 2.97. The van der Waals surface area contributed by atoms with E-state index in [2.05, 4.69) is 21.0 Å². The minimum atomic E-state index is -0.314. The molecule has 1 aromatic carbocycles. The van der Waals surface area contributed by atoms with Crippen molar-refractivity contribution in [1.82, 2.24) is 15.0 Å². The third-order valence-corrected chi connectivity index (χ3v) is 3.92. The molecular formula is C16H13N5O. The minimum absolute atomic E-state index is 0.108. The van der Waals surface area contributed by atoms with Crippen LogP contribution in [0.3, 0.4) is 0 Å². The summed E-state index contributed by atoms with van der Waals surface area (Å²) in [6.45, 7) is 1.84. The van der Waals surface area contributed by atoms with Crippen LogP contribution in [0.5, 0.6) is 5.88 Å². The van der Waals surface area contributed by atoms with Crippen molar-refractivity contribution in [2.45, 2.75) is 12.8 Å². The van der Waals surface area contributed by atoms with E-state index in [9.17, 15) is 5.26 Å². The van der Waals surface area contributed by atoms with Gasteiger partial charge in [-0.25, -0.2) is 0 Å². The first-order valence-electron chi connectivity index (χ1n) is 6.89. The van der Waals surface area contributed by atoms with Gasteiger partial charge in [-0.15, -0.1) is 0 Å². The van der Waals surface area contributed by atoms with Crippen LogP contribution >= 0.6 is 0 Å². The number of nitrogens with two attached hydrogens (primary N) is 1. The third-order valence-electron chi connectivity index (χ3n) is 3.92. The van der Waals surface area contributed by atoms with Gasteiger partial charge in [0.1, 0.15) is 17.5 Å². The summed E-state index contributed by atoms with van der Waals surface area (Å²) in [6, 6.07) is 10.1. The van der Waals surface area contributed by atoms with Crippen molar-refractivity contribution in [3.05, 3.63) is 59.0 Å². The Bertz CT molecular complexity index is 956. The molecule has 0 bridgehead atoms. The van der Waals surface area contributed by atoms with Crippen molar-refractivity contribution in [3.8, 4) is 11.9 Å². The molecule has 1 aliphatic heterocycles. The van der Waals surface area contributed by atoms with Crippen LogP contribution in [-0.2, 0) is 0 Å². The molecule has 0 fully saturated rings. The molecule has 6 nitrogen and oxygen atoms in total. The Kier molecular flexibility index (Phi) is 2.51. The SMILES string of the molecule is Cc1nc2c([nH]1)C(c1c[nH]c3ccccc13)C(C#N)=C(N)O2. The Balaban J connectivity index is 2.01. The highest BCUT2D eigenvalue weighted by atomic mass is 16.5. The highest BCUT2D eigenvalue weighted by Gasteiger charge is 2.34. The topological polar surface area (TPSA) is 104 Å². The predicted octanol–water partition coefficient (Wildman–Crippen LogP) is 2.42. The monoisotopic (exact) mass is 291 g/mol. The molecule has 3 heterocycles. The maximum absolute atomic E-state index is 9.52. The first-order chi connectivity index (χ1) is 10.7. The first kappa shape index (κ1) is 12.5. The number of aromatic amines is 2. The van der Waals surface area contributed by atoms with Crippen LogP contribution in [0.1, 0.15) is 23.0 Å². The van der Waals surface area contributed by atoms with E-state index in [-0.39, 0.29) is 11.8 Å². The number of rotatable bonds is 1. The maximum Gasteiger partial charge on any atom is 0.243 e. The van der Waals surface area contributed by atoms with Gasteiger partial charge in [-0.1, -0.05) is 18.2 Å². The zero-order chi connectivity index (χ0) is 15.3. The van der Waals surface area contributed by atoms with Crippen LogP contribution in [0.25, 0.3) is 10.9 Å². The van der Waals surface area contributed by atoms with Gasteiger partial charge in [0.15, 0.2) is 0 Å². The molecule has 1 unspecified atom stereocenters. The molecule has 0 saturated heterocycles. The molecule has 0 amide bonds. The van der Waals surface area contributed by atoms with Crippen LogP contribution in [0.15, 0.2) is 41.9 Å². The lowest BCUT2D eigenvalue weighted by molar-refractivity contribution is 0.379. The number of hydrogen-bond acceptors (Lipinski definition) is 4. The molecule has 1 atom stereocenters. The normalized spacial score (nSPS) is 17.2. The van der Waals surface area contributed by atoms with Crippen LogP contribution < -0.4 is 10.5 Å². The summed E-state index contributed by atoms with van der Waals surface area (Å²) in [5.74, 6) is 0.953. The molecule has 6 heteroatoms. The highest BCUT2D eigenvalue weighted by molar-refractivity contribution is 5.85. The average molecular weight is 291 g/mol. The van der Waals surface area contributed by atoms with Crippen molar-refractivity contribution in [3.63, 3.8) is 0 Å². The van der Waals surface area contributed by atoms with Crippen LogP contribution in [0, 0.1) is 18.3 Å². The quantitative estimate of drug-likeness (QED) is 0.640. The fourth-order valence-corrected chi connectivity index (χ4v) is 2.97. The average Bonchev–Trinajstić information content (AvgIpc) is 3.08. The van der Waals surface area contributed by atoms with Crippen molar-refractivity contribution < 1.29 is 4.74 Å². The van der Waals surface area contributed by atoms with Crippen LogP contribution in [-0.4, -0.2) is 15.0 Å². The number of para-hydroxylation sites is 1. The summed E-state index contributed by atoms with van der Waals surface area (Å²) < 4.78 is 5.48. The number of nitrogens with one attached hydrogen (secondary N) is 2. The van der Waals surface area contributed by atoms with E-state index in [1.54, 1.807) is 0 Å². The number of nitriles is 1. The van der Waals surface area contributed by atoms with E-state index >= 15 is 0 Å². The Hall–Kier alpha value is -3.20. The number of aromatic nitrogens is 3. The lowest BCUT2D eigenvalue weighted by Crippen LogP contribution is -2.20. The summed E-state index contributed by atoms with van der Waals surface area (Å²) in [5, 5.41) is 10.6. The third kappa shape index (κ3) is 1.63. The Morgan fingerprint density at radius 2 is 2.18 bits per heavy atom. The zero-order valence-corrected chi connectivity index (χ0v) is 11.8. The lowest BCUT2D eigenvalue weighted by atomic mass is 9.87. The number of nitrogens with zero attached hydrogens (tertiary/aromatic N) is 2. The van der Waals surface area contributed by atoms with E-state index in [4.69, 9.17) is 10.5 Å². The molecule has 0 radical (unpaired) electrons. The number of allylic oxidation sites excluding steroid dienone is 1. The van der Waals surface area contributed by atoms with Gasteiger partial charge in [0.05, 0.1) is 11.6 Å². The van der Waals surface area contributed by atoms with Crippen molar-refractivity contribution in [2.24, 2.45) is 5.73 Å². The molecule has 3 aromatic rings. The molecule has 0 aliphatic carbocycles. The summed E-state index contributed by atoms with van der Waals surface area (Å²) >= 11 is 0. The van der Waals surface area contributed by atoms with E-state index in [1.807, 2.05) is 37.4 Å². The second-order valence-corrected chi connectivity index (χ2v) is 5.26. The Morgan fingerprint density at radius 1 is 1.36 bits per heavy atom. The van der Waals surface area contributed by atoms with E-state index in [0.29, 0.717) is 11.5 Å². The summed E-state index contributed by atoms with van der Waals surface area (Å²) in [6.07, 6.45) is 1.91. The summed E-state index contributed by atoms with van der Waals surface area (Å²) in [7, 11) is 0. The second-order valence-electron chi connectivity index (χ2n) is 5.26. The Morgan fingerprint density at radius 3 is 3.00 bits per heavy atom. The van der Waals surface area contributed by atoms with Gasteiger partial charge in [0, 0.05) is 17.1 Å². The second kappa shape index (κ2) is 4.40. The molecule has 4 rings (SSSR count). The summed E-state index contributed by atoms with van der Waals surface area (Å²) in [5.41, 5.74) is 9.06. The summed E-state index contributed by atoms with van der Waals surface area (Å²) in [4.78, 5) is 10.7. The van der Waals surface area contributed by atoms with Gasteiger partial charge >= 0.3 is 0 Å². The number of aryl methyl sites for hydroxylation is 1. The highest BCUT2D eigenvalue weighted by Crippen LogP contribution is 2.42. The number of ether oxygens (including phenoxy) is 1. The van der Waals surface area contributed by atoms with E-state index in [1.165, 1.54) is 0 Å². The van der Waals surface area contributed by atoms with E-state index < -0.39 is 0 Å². The number of imidazole rings is 1. The van der Waals surface area contributed by atoms with Crippen molar-refractivity contribution in [1.29, 1.82) is 5.26 Å². The van der Waals surface area contributed by atoms with Gasteiger partial charge < -0.3 is 20.4 Å². The molecule has 0 saturated carbocycles. The number of H-pyrrole nitrogens is 2. The largest absolute Gasteiger partial charge is 0.420 e. The molecule has 4 N–H and O–H groups in total. The van der Waals surface area contributed by atoms with Gasteiger partial charge in [0.2, 0.25) is 11.8 Å². The maximum atomic E-state index is 9.52. The zero-order valence-electron chi connectivity index (χ0n) is 11.8. The van der Waals surface area contributed by atoms with Gasteiger partial charge in [0.25, 0.3) is 0 Å². The Labute approximate surface area is 126 Å². The number of benzene rings is 1. The first-order valence-corrected chi connectivity index (χ1v) is 6.89. The molecule has 0 spiro atoms. The van der Waals surface area contributed by atoms with Crippen LogP contribution in [0.2, 0.25) is 0 Å². The molecule has 22 heavy (non-hydrogen) atoms. The van der Waals surface area contributed by atoms with Gasteiger partial charge in [-0.05, 0) is 18.6 Å². The number of fused-ring (bicyclic) bond motifs is 2.